The summed E-state index contributed by atoms with van der Waals surface area (Å²) in [5, 5.41) is 3.86. The van der Waals surface area contributed by atoms with Crippen LogP contribution in [0.1, 0.15) is 19.4 Å². The van der Waals surface area contributed by atoms with Crippen LogP contribution in [0.15, 0.2) is 46.3 Å². The lowest BCUT2D eigenvalue weighted by molar-refractivity contribution is -0.132. The van der Waals surface area contributed by atoms with Crippen molar-refractivity contribution in [1.29, 1.82) is 0 Å². The molecule has 0 aliphatic carbocycles. The van der Waals surface area contributed by atoms with Gasteiger partial charge in [0.15, 0.2) is 16.7 Å². The third kappa shape index (κ3) is 5.74. The van der Waals surface area contributed by atoms with Crippen molar-refractivity contribution in [2.45, 2.75) is 13.8 Å². The van der Waals surface area contributed by atoms with Crippen molar-refractivity contribution in [3.63, 3.8) is 0 Å². The van der Waals surface area contributed by atoms with Gasteiger partial charge in [0.2, 0.25) is 0 Å². The average molecular weight is 543 g/mol. The van der Waals surface area contributed by atoms with Crippen LogP contribution in [0.3, 0.4) is 0 Å². The van der Waals surface area contributed by atoms with Gasteiger partial charge in [-0.05, 0) is 89.3 Å². The Morgan fingerprint density at radius 1 is 1.31 bits per heavy atom. The lowest BCUT2D eigenvalue weighted by Gasteiger charge is -2.12. The van der Waals surface area contributed by atoms with Crippen LogP contribution in [0.5, 0.6) is 11.5 Å². The summed E-state index contributed by atoms with van der Waals surface area (Å²) in [6, 6.07) is 10.6. The van der Waals surface area contributed by atoms with E-state index < -0.39 is 5.97 Å². The van der Waals surface area contributed by atoms with Crippen molar-refractivity contribution in [2.24, 2.45) is 4.99 Å². The third-order valence-electron chi connectivity index (χ3n) is 3.58. The monoisotopic (exact) mass is 542 g/mol. The maximum absolute atomic E-state index is 12.3. The number of rotatable bonds is 5. The molecule has 1 fully saturated rings. The molecule has 1 amide bonds. The number of halogens is 2. The SMILES string of the molecule is CCOc1cc(/C=C2\SC(=Nc3ccc(Cl)cc3)NC2=O)cc(I)c1OC(C)=O. The highest BCUT2D eigenvalue weighted by Crippen LogP contribution is 2.36. The van der Waals surface area contributed by atoms with Crippen molar-refractivity contribution in [1.82, 2.24) is 5.32 Å². The molecule has 3 rings (SSSR count). The topological polar surface area (TPSA) is 77.0 Å². The van der Waals surface area contributed by atoms with Gasteiger partial charge in [0.05, 0.1) is 20.8 Å². The largest absolute Gasteiger partial charge is 0.490 e. The predicted molar refractivity (Wildman–Crippen MR) is 124 cm³/mol. The number of nitrogens with one attached hydrogen (secondary N) is 1. The first-order valence-electron chi connectivity index (χ1n) is 8.55. The molecular formula is C20H16ClIN2O4S. The second-order valence-electron chi connectivity index (χ2n) is 5.81. The van der Waals surface area contributed by atoms with E-state index in [-0.39, 0.29) is 5.91 Å². The van der Waals surface area contributed by atoms with E-state index >= 15 is 0 Å². The van der Waals surface area contributed by atoms with Gasteiger partial charge in [0.1, 0.15) is 0 Å². The van der Waals surface area contributed by atoms with Crippen LogP contribution in [-0.4, -0.2) is 23.7 Å². The molecule has 1 aliphatic heterocycles. The quantitative estimate of drug-likeness (QED) is 0.244. The number of ether oxygens (including phenoxy) is 2. The highest BCUT2D eigenvalue weighted by atomic mass is 127. The van der Waals surface area contributed by atoms with Crippen molar-refractivity contribution in [3.05, 3.63) is 55.5 Å². The Morgan fingerprint density at radius 3 is 2.69 bits per heavy atom. The van der Waals surface area contributed by atoms with Gasteiger partial charge >= 0.3 is 5.97 Å². The number of amides is 1. The minimum atomic E-state index is -0.427. The van der Waals surface area contributed by atoms with Crippen LogP contribution in [0.2, 0.25) is 5.02 Å². The number of amidine groups is 1. The fourth-order valence-corrected chi connectivity index (χ4v) is 4.15. The van der Waals surface area contributed by atoms with Crippen LogP contribution in [-0.2, 0) is 9.59 Å². The molecule has 9 heteroatoms. The fourth-order valence-electron chi connectivity index (χ4n) is 2.44. The van der Waals surface area contributed by atoms with Gasteiger partial charge in [0, 0.05) is 11.9 Å². The zero-order chi connectivity index (χ0) is 21.0. The maximum atomic E-state index is 12.3. The molecule has 0 saturated carbocycles. The summed E-state index contributed by atoms with van der Waals surface area (Å²) in [6.45, 7) is 3.59. The van der Waals surface area contributed by atoms with Crippen molar-refractivity contribution in [2.75, 3.05) is 6.61 Å². The second kappa shape index (κ2) is 9.64. The molecule has 0 unspecified atom stereocenters. The molecule has 0 aromatic heterocycles. The van der Waals surface area contributed by atoms with E-state index in [9.17, 15) is 9.59 Å². The molecule has 1 aliphatic rings. The predicted octanol–water partition coefficient (Wildman–Crippen LogP) is 5.16. The van der Waals surface area contributed by atoms with Gasteiger partial charge in [-0.25, -0.2) is 4.99 Å². The van der Waals surface area contributed by atoms with E-state index in [2.05, 4.69) is 32.9 Å². The lowest BCUT2D eigenvalue weighted by atomic mass is 10.2. The van der Waals surface area contributed by atoms with Crippen LogP contribution >= 0.6 is 46.0 Å². The molecule has 1 N–H and O–H groups in total. The summed E-state index contributed by atoms with van der Waals surface area (Å²) in [7, 11) is 0. The van der Waals surface area contributed by atoms with Gasteiger partial charge in [-0.2, -0.15) is 0 Å². The second-order valence-corrected chi connectivity index (χ2v) is 8.44. The van der Waals surface area contributed by atoms with E-state index in [1.54, 1.807) is 36.4 Å². The van der Waals surface area contributed by atoms with Crippen LogP contribution < -0.4 is 14.8 Å². The summed E-state index contributed by atoms with van der Waals surface area (Å²) in [5.41, 5.74) is 1.44. The Kier molecular flexibility index (Phi) is 7.20. The number of hydrogen-bond donors (Lipinski definition) is 1. The summed E-state index contributed by atoms with van der Waals surface area (Å²) in [5.74, 6) is 0.152. The summed E-state index contributed by atoms with van der Waals surface area (Å²) < 4.78 is 11.6. The standard InChI is InChI=1S/C20H16ClIN2O4S/c1-3-27-16-9-12(8-15(22)18(16)28-11(2)25)10-17-19(26)24-20(29-17)23-14-6-4-13(21)5-7-14/h4-10H,3H2,1-2H3,(H,23,24,26)/b17-10-. The highest BCUT2D eigenvalue weighted by molar-refractivity contribution is 14.1. The first kappa shape index (κ1) is 21.7. The van der Waals surface area contributed by atoms with Crippen molar-refractivity contribution >= 4 is 74.8 Å². The van der Waals surface area contributed by atoms with E-state index in [0.29, 0.717) is 42.5 Å². The molecule has 0 spiro atoms. The molecule has 1 heterocycles. The van der Waals surface area contributed by atoms with Crippen molar-refractivity contribution in [3.8, 4) is 11.5 Å². The van der Waals surface area contributed by atoms with Crippen LogP contribution in [0.25, 0.3) is 6.08 Å². The smallest absolute Gasteiger partial charge is 0.308 e. The van der Waals surface area contributed by atoms with Crippen LogP contribution in [0.4, 0.5) is 5.69 Å². The molecule has 2 aromatic carbocycles. The summed E-state index contributed by atoms with van der Waals surface area (Å²) in [6.07, 6.45) is 1.74. The Morgan fingerprint density at radius 2 is 2.03 bits per heavy atom. The molecule has 2 aromatic rings. The van der Waals surface area contributed by atoms with Gasteiger partial charge < -0.3 is 14.8 Å². The number of thioether (sulfide) groups is 1. The summed E-state index contributed by atoms with van der Waals surface area (Å²) in [4.78, 5) is 28.6. The van der Waals surface area contributed by atoms with Crippen molar-refractivity contribution < 1.29 is 19.1 Å². The molecule has 0 radical (unpaired) electrons. The van der Waals surface area contributed by atoms with Crippen LogP contribution in [0, 0.1) is 3.57 Å². The zero-order valence-electron chi connectivity index (χ0n) is 15.5. The van der Waals surface area contributed by atoms with Gasteiger partial charge in [-0.3, -0.25) is 9.59 Å². The van der Waals surface area contributed by atoms with E-state index in [0.717, 1.165) is 5.56 Å². The first-order valence-corrected chi connectivity index (χ1v) is 10.8. The lowest BCUT2D eigenvalue weighted by Crippen LogP contribution is -2.19. The van der Waals surface area contributed by atoms with E-state index in [4.69, 9.17) is 21.1 Å². The average Bonchev–Trinajstić information content (AvgIpc) is 2.99. The molecule has 150 valence electrons. The molecule has 0 bridgehead atoms. The number of carbonyl (C=O) groups excluding carboxylic acids is 2. The van der Waals surface area contributed by atoms with Gasteiger partial charge in [0.25, 0.3) is 5.91 Å². The molecule has 1 saturated heterocycles. The number of carbonyl (C=O) groups is 2. The minimum absolute atomic E-state index is 0.236. The minimum Gasteiger partial charge on any atom is -0.490 e. The summed E-state index contributed by atoms with van der Waals surface area (Å²) >= 11 is 9.19. The third-order valence-corrected chi connectivity index (χ3v) is 5.55. The number of aliphatic imine (C=N–C) groups is 1. The first-order chi connectivity index (χ1) is 13.9. The molecular weight excluding hydrogens is 527 g/mol. The number of nitrogens with zero attached hydrogens (tertiary/aromatic N) is 1. The Labute approximate surface area is 190 Å². The highest BCUT2D eigenvalue weighted by Gasteiger charge is 2.24. The number of esters is 1. The Balaban J connectivity index is 1.88. The Hall–Kier alpha value is -2.04. The van der Waals surface area contributed by atoms with Gasteiger partial charge in [-0.15, -0.1) is 0 Å². The molecule has 29 heavy (non-hydrogen) atoms. The number of hydrogen-bond acceptors (Lipinski definition) is 6. The Bertz CT molecular complexity index is 1020. The fraction of sp³-hybridized carbons (Fsp3) is 0.150. The zero-order valence-corrected chi connectivity index (χ0v) is 19.2. The molecule has 6 nitrogen and oxygen atoms in total. The normalized spacial score (nSPS) is 16.2. The molecule has 0 atom stereocenters. The number of benzene rings is 2. The maximum Gasteiger partial charge on any atom is 0.308 e. The van der Waals surface area contributed by atoms with Gasteiger partial charge in [-0.1, -0.05) is 11.6 Å². The van der Waals surface area contributed by atoms with E-state index in [1.807, 2.05) is 13.0 Å². The van der Waals surface area contributed by atoms with E-state index in [1.165, 1.54) is 18.7 Å².